The maximum Gasteiger partial charge on any atom is 0.146 e. The molecule has 4 heteroatoms. The highest BCUT2D eigenvalue weighted by Gasteiger charge is 2.42. The van der Waals surface area contributed by atoms with Crippen LogP contribution in [0.2, 0.25) is 0 Å². The summed E-state index contributed by atoms with van der Waals surface area (Å²) in [4.78, 5) is 0. The van der Waals surface area contributed by atoms with Crippen LogP contribution in [0.15, 0.2) is 21.2 Å². The normalized spacial score (nSPS) is 28.7. The summed E-state index contributed by atoms with van der Waals surface area (Å²) in [6.45, 7) is 0.764. The van der Waals surface area contributed by atoms with Crippen LogP contribution in [0.4, 0.5) is 0 Å². The Labute approximate surface area is 116 Å². The molecule has 0 radical (unpaired) electrons. The van der Waals surface area contributed by atoms with Gasteiger partial charge in [-0.05, 0) is 53.6 Å². The molecule has 1 spiro atoms. The summed E-state index contributed by atoms with van der Waals surface area (Å²) >= 11 is 3.42. The van der Waals surface area contributed by atoms with Crippen LogP contribution in [0.5, 0.6) is 0 Å². The lowest BCUT2D eigenvalue weighted by molar-refractivity contribution is -0.115. The molecule has 0 amide bonds. The van der Waals surface area contributed by atoms with Crippen molar-refractivity contribution in [1.29, 1.82) is 0 Å². The quantitative estimate of drug-likeness (QED) is 0.902. The average Bonchev–Trinajstić information content (AvgIpc) is 2.98. The molecule has 1 aliphatic heterocycles. The molecule has 0 aromatic carbocycles. The number of halogens is 1. The Kier molecular flexibility index (Phi) is 3.52. The minimum atomic E-state index is -0.518. The zero-order valence-corrected chi connectivity index (χ0v) is 12.0. The predicted molar refractivity (Wildman–Crippen MR) is 71.2 cm³/mol. The number of aliphatic hydroxyl groups excluding tert-OH is 1. The lowest BCUT2D eigenvalue weighted by atomic mass is 9.81. The van der Waals surface area contributed by atoms with Gasteiger partial charge < -0.3 is 14.3 Å². The van der Waals surface area contributed by atoms with Crippen molar-refractivity contribution in [2.24, 2.45) is 5.92 Å². The minimum absolute atomic E-state index is 0.0446. The van der Waals surface area contributed by atoms with Crippen molar-refractivity contribution >= 4 is 15.9 Å². The smallest absolute Gasteiger partial charge is 0.146 e. The molecule has 3 rings (SSSR count). The van der Waals surface area contributed by atoms with Crippen LogP contribution in [0, 0.1) is 5.92 Å². The van der Waals surface area contributed by atoms with Gasteiger partial charge in [0.1, 0.15) is 11.9 Å². The first-order valence-electron chi connectivity index (χ1n) is 6.75. The summed E-state index contributed by atoms with van der Waals surface area (Å²) in [5, 5.41) is 10.5. The number of rotatable bonds is 2. The molecule has 1 saturated heterocycles. The second-order valence-corrected chi connectivity index (χ2v) is 6.42. The Morgan fingerprint density at radius 3 is 2.83 bits per heavy atom. The van der Waals surface area contributed by atoms with E-state index in [1.165, 1.54) is 12.8 Å². The molecule has 1 saturated carbocycles. The van der Waals surface area contributed by atoms with E-state index in [-0.39, 0.29) is 11.5 Å². The van der Waals surface area contributed by atoms with Crippen LogP contribution in [-0.4, -0.2) is 17.3 Å². The molecule has 2 unspecified atom stereocenters. The Bertz CT molecular complexity index is 409. The van der Waals surface area contributed by atoms with Crippen molar-refractivity contribution in [2.75, 3.05) is 6.61 Å². The first kappa shape index (κ1) is 12.7. The van der Waals surface area contributed by atoms with Crippen LogP contribution in [-0.2, 0) is 4.74 Å². The Morgan fingerprint density at radius 2 is 2.17 bits per heavy atom. The van der Waals surface area contributed by atoms with E-state index < -0.39 is 6.10 Å². The largest absolute Gasteiger partial charge is 0.465 e. The van der Waals surface area contributed by atoms with Crippen LogP contribution >= 0.6 is 15.9 Å². The van der Waals surface area contributed by atoms with Gasteiger partial charge in [-0.2, -0.15) is 0 Å². The minimum Gasteiger partial charge on any atom is -0.465 e. The average molecular weight is 315 g/mol. The maximum atomic E-state index is 10.5. The van der Waals surface area contributed by atoms with Gasteiger partial charge in [-0.3, -0.25) is 0 Å². The summed E-state index contributed by atoms with van der Waals surface area (Å²) < 4.78 is 12.3. The van der Waals surface area contributed by atoms with Crippen molar-refractivity contribution in [3.05, 3.63) is 22.6 Å². The molecule has 0 bridgehead atoms. The predicted octanol–water partition coefficient (Wildman–Crippen LogP) is 3.81. The summed E-state index contributed by atoms with van der Waals surface area (Å²) in [6.07, 6.45) is 7.78. The molecule has 1 aromatic rings. The fourth-order valence-electron chi connectivity index (χ4n) is 3.43. The van der Waals surface area contributed by atoms with E-state index in [9.17, 15) is 5.11 Å². The van der Waals surface area contributed by atoms with Gasteiger partial charge in [-0.25, -0.2) is 0 Å². The van der Waals surface area contributed by atoms with Gasteiger partial charge in [0.25, 0.3) is 0 Å². The highest BCUT2D eigenvalue weighted by atomic mass is 79.9. The number of ether oxygens (including phenoxy) is 1. The van der Waals surface area contributed by atoms with Crippen molar-refractivity contribution in [1.82, 2.24) is 0 Å². The van der Waals surface area contributed by atoms with E-state index in [0.29, 0.717) is 5.76 Å². The van der Waals surface area contributed by atoms with Crippen LogP contribution < -0.4 is 0 Å². The Balaban J connectivity index is 1.74. The third kappa shape index (κ3) is 2.26. The summed E-state index contributed by atoms with van der Waals surface area (Å²) in [5.41, 5.74) is 0.0446. The van der Waals surface area contributed by atoms with Gasteiger partial charge >= 0.3 is 0 Å². The molecule has 2 aliphatic rings. The summed E-state index contributed by atoms with van der Waals surface area (Å²) in [6, 6.07) is 1.84. The lowest BCUT2D eigenvalue weighted by Gasteiger charge is -2.39. The zero-order chi connectivity index (χ0) is 12.6. The SMILES string of the molecule is OC(c1occc1Br)C1CCOC2(CCCC2)C1. The molecule has 2 atom stereocenters. The number of hydrogen-bond acceptors (Lipinski definition) is 3. The molecule has 1 aliphatic carbocycles. The van der Waals surface area contributed by atoms with E-state index >= 15 is 0 Å². The van der Waals surface area contributed by atoms with Gasteiger partial charge in [0, 0.05) is 6.61 Å². The monoisotopic (exact) mass is 314 g/mol. The second-order valence-electron chi connectivity index (χ2n) is 5.57. The van der Waals surface area contributed by atoms with E-state index in [2.05, 4.69) is 15.9 Å². The molecule has 3 nitrogen and oxygen atoms in total. The first-order chi connectivity index (χ1) is 8.70. The van der Waals surface area contributed by atoms with Crippen LogP contribution in [0.1, 0.15) is 50.4 Å². The standard InChI is InChI=1S/C14H19BrO3/c15-11-4-7-17-13(11)12(16)10-3-8-18-14(9-10)5-1-2-6-14/h4,7,10,12,16H,1-3,5-6,8-9H2. The van der Waals surface area contributed by atoms with Gasteiger partial charge in [-0.15, -0.1) is 0 Å². The van der Waals surface area contributed by atoms with Crippen molar-refractivity contribution in [3.8, 4) is 0 Å². The zero-order valence-electron chi connectivity index (χ0n) is 10.4. The molecule has 2 fully saturated rings. The summed E-state index contributed by atoms with van der Waals surface area (Å²) in [7, 11) is 0. The van der Waals surface area contributed by atoms with E-state index in [0.717, 1.165) is 36.8 Å². The molecule has 18 heavy (non-hydrogen) atoms. The Hall–Kier alpha value is -0.320. The van der Waals surface area contributed by atoms with Gasteiger partial charge in [-0.1, -0.05) is 12.8 Å². The topological polar surface area (TPSA) is 42.6 Å². The highest BCUT2D eigenvalue weighted by molar-refractivity contribution is 9.10. The van der Waals surface area contributed by atoms with Gasteiger partial charge in [0.05, 0.1) is 16.3 Å². The number of hydrogen-bond donors (Lipinski definition) is 1. The fraction of sp³-hybridized carbons (Fsp3) is 0.714. The van der Waals surface area contributed by atoms with Crippen molar-refractivity contribution in [3.63, 3.8) is 0 Å². The van der Waals surface area contributed by atoms with Gasteiger partial charge in [0.15, 0.2) is 0 Å². The molecule has 100 valence electrons. The summed E-state index contributed by atoms with van der Waals surface area (Å²) in [5.74, 6) is 0.911. The molecular weight excluding hydrogens is 296 g/mol. The number of aliphatic hydroxyl groups is 1. The molecule has 1 N–H and O–H groups in total. The second kappa shape index (κ2) is 4.99. The molecular formula is C14H19BrO3. The first-order valence-corrected chi connectivity index (χ1v) is 7.54. The van der Waals surface area contributed by atoms with Crippen molar-refractivity contribution < 1.29 is 14.3 Å². The van der Waals surface area contributed by atoms with Crippen LogP contribution in [0.25, 0.3) is 0 Å². The molecule has 1 aromatic heterocycles. The van der Waals surface area contributed by atoms with Gasteiger partial charge in [0.2, 0.25) is 0 Å². The molecule has 2 heterocycles. The van der Waals surface area contributed by atoms with Crippen molar-refractivity contribution in [2.45, 2.75) is 50.2 Å². The van der Waals surface area contributed by atoms with E-state index in [1.807, 2.05) is 6.07 Å². The van der Waals surface area contributed by atoms with E-state index in [4.69, 9.17) is 9.15 Å². The third-order valence-corrected chi connectivity index (χ3v) is 5.06. The fourth-order valence-corrected chi connectivity index (χ4v) is 3.87. The number of furan rings is 1. The lowest BCUT2D eigenvalue weighted by Crippen LogP contribution is -2.39. The maximum absolute atomic E-state index is 10.5. The van der Waals surface area contributed by atoms with Crippen LogP contribution in [0.3, 0.4) is 0 Å². The van der Waals surface area contributed by atoms with E-state index in [1.54, 1.807) is 6.26 Å². The Morgan fingerprint density at radius 1 is 1.39 bits per heavy atom. The highest BCUT2D eigenvalue weighted by Crippen LogP contribution is 2.46. The third-order valence-electron chi connectivity index (χ3n) is 4.41.